The minimum Gasteiger partial charge on any atom is -0.496 e. The first kappa shape index (κ1) is 12.4. The topological polar surface area (TPSA) is 29.5 Å². The molecule has 0 N–H and O–H groups in total. The van der Waals surface area contributed by atoms with Gasteiger partial charge in [0.1, 0.15) is 5.75 Å². The number of benzene rings is 1. The van der Waals surface area contributed by atoms with Gasteiger partial charge in [0.05, 0.1) is 11.6 Å². The van der Waals surface area contributed by atoms with Crippen LogP contribution >= 0.6 is 15.9 Å². The van der Waals surface area contributed by atoms with Crippen molar-refractivity contribution in [2.75, 3.05) is 13.7 Å². The quantitative estimate of drug-likeness (QED) is 0.839. The Labute approximate surface area is 110 Å². The monoisotopic (exact) mass is 297 g/mol. The third kappa shape index (κ3) is 2.46. The lowest BCUT2D eigenvalue weighted by Gasteiger charge is -2.21. The Hall–Kier alpha value is -1.03. The largest absolute Gasteiger partial charge is 0.496 e. The van der Waals surface area contributed by atoms with E-state index in [-0.39, 0.29) is 5.91 Å². The first-order valence-electron chi connectivity index (χ1n) is 5.78. The number of hydrogen-bond acceptors (Lipinski definition) is 2. The molecule has 0 aliphatic carbocycles. The molecule has 1 aliphatic rings. The van der Waals surface area contributed by atoms with Crippen LogP contribution in [0, 0.1) is 0 Å². The molecule has 3 nitrogen and oxygen atoms in total. The number of ether oxygens (including phenoxy) is 1. The van der Waals surface area contributed by atoms with Crippen molar-refractivity contribution < 1.29 is 9.53 Å². The van der Waals surface area contributed by atoms with E-state index in [9.17, 15) is 4.79 Å². The Morgan fingerprint density at radius 1 is 1.53 bits per heavy atom. The van der Waals surface area contributed by atoms with Gasteiger partial charge in [-0.15, -0.1) is 0 Å². The number of carbonyl (C=O) groups excluding carboxylic acids is 1. The van der Waals surface area contributed by atoms with Crippen LogP contribution in [0.2, 0.25) is 0 Å². The molecular weight excluding hydrogens is 282 g/mol. The Kier molecular flexibility index (Phi) is 3.72. The molecule has 4 heteroatoms. The molecule has 1 aromatic carbocycles. The van der Waals surface area contributed by atoms with Crippen LogP contribution in [0.5, 0.6) is 5.75 Å². The highest BCUT2D eigenvalue weighted by Crippen LogP contribution is 2.27. The van der Waals surface area contributed by atoms with E-state index in [2.05, 4.69) is 22.9 Å². The van der Waals surface area contributed by atoms with Gasteiger partial charge >= 0.3 is 0 Å². The van der Waals surface area contributed by atoms with Crippen molar-refractivity contribution in [1.82, 2.24) is 4.90 Å². The highest BCUT2D eigenvalue weighted by molar-refractivity contribution is 9.10. The first-order valence-corrected chi connectivity index (χ1v) is 6.57. The Balaban J connectivity index is 2.22. The second-order valence-corrected chi connectivity index (χ2v) is 5.19. The third-order valence-electron chi connectivity index (χ3n) is 3.21. The zero-order valence-corrected chi connectivity index (χ0v) is 11.7. The maximum absolute atomic E-state index is 12.3. The molecule has 1 saturated heterocycles. The van der Waals surface area contributed by atoms with Crippen molar-refractivity contribution in [2.45, 2.75) is 25.8 Å². The number of amides is 1. The van der Waals surface area contributed by atoms with E-state index in [0.717, 1.165) is 29.6 Å². The van der Waals surface area contributed by atoms with Gasteiger partial charge in [0.2, 0.25) is 0 Å². The molecule has 1 fully saturated rings. The summed E-state index contributed by atoms with van der Waals surface area (Å²) >= 11 is 3.40. The SMILES string of the molecule is COc1ccc(C(=O)N2CCCC2C)cc1Br. The van der Waals surface area contributed by atoms with E-state index in [4.69, 9.17) is 4.74 Å². The fraction of sp³-hybridized carbons (Fsp3) is 0.462. The van der Waals surface area contributed by atoms with Gasteiger partial charge in [-0.05, 0) is 53.9 Å². The van der Waals surface area contributed by atoms with Crippen molar-refractivity contribution in [3.05, 3.63) is 28.2 Å². The fourth-order valence-electron chi connectivity index (χ4n) is 2.20. The molecule has 1 atom stereocenters. The normalized spacial score (nSPS) is 19.5. The number of nitrogens with zero attached hydrogens (tertiary/aromatic N) is 1. The average molecular weight is 298 g/mol. The summed E-state index contributed by atoms with van der Waals surface area (Å²) in [5, 5.41) is 0. The average Bonchev–Trinajstić information content (AvgIpc) is 2.74. The lowest BCUT2D eigenvalue weighted by molar-refractivity contribution is 0.0747. The second kappa shape index (κ2) is 5.08. The Morgan fingerprint density at radius 3 is 2.82 bits per heavy atom. The fourth-order valence-corrected chi connectivity index (χ4v) is 2.74. The number of rotatable bonds is 2. The number of carbonyl (C=O) groups is 1. The van der Waals surface area contributed by atoms with Gasteiger partial charge < -0.3 is 9.64 Å². The molecule has 1 amide bonds. The van der Waals surface area contributed by atoms with Gasteiger partial charge in [-0.1, -0.05) is 0 Å². The molecule has 0 saturated carbocycles. The van der Waals surface area contributed by atoms with Gasteiger partial charge in [0.25, 0.3) is 5.91 Å². The molecule has 2 rings (SSSR count). The lowest BCUT2D eigenvalue weighted by atomic mass is 10.1. The number of likely N-dealkylation sites (tertiary alicyclic amines) is 1. The zero-order valence-electron chi connectivity index (χ0n) is 10.1. The molecule has 1 aromatic rings. The standard InChI is InChI=1S/C13H16BrNO2/c1-9-4-3-7-15(9)13(16)10-5-6-12(17-2)11(14)8-10/h5-6,8-9H,3-4,7H2,1-2H3. The van der Waals surface area contributed by atoms with Crippen LogP contribution in [-0.2, 0) is 0 Å². The summed E-state index contributed by atoms with van der Waals surface area (Å²) < 4.78 is 5.97. The molecular formula is C13H16BrNO2. The minimum absolute atomic E-state index is 0.110. The molecule has 0 aromatic heterocycles. The van der Waals surface area contributed by atoms with Crippen LogP contribution in [0.4, 0.5) is 0 Å². The molecule has 1 aliphatic heterocycles. The smallest absolute Gasteiger partial charge is 0.254 e. The van der Waals surface area contributed by atoms with Gasteiger partial charge in [0, 0.05) is 18.2 Å². The highest BCUT2D eigenvalue weighted by atomic mass is 79.9. The second-order valence-electron chi connectivity index (χ2n) is 4.34. The van der Waals surface area contributed by atoms with Crippen molar-refractivity contribution >= 4 is 21.8 Å². The van der Waals surface area contributed by atoms with Crippen molar-refractivity contribution in [3.8, 4) is 5.75 Å². The van der Waals surface area contributed by atoms with Crippen molar-refractivity contribution in [1.29, 1.82) is 0 Å². The minimum atomic E-state index is 0.110. The molecule has 92 valence electrons. The van der Waals surface area contributed by atoms with Gasteiger partial charge in [-0.2, -0.15) is 0 Å². The van der Waals surface area contributed by atoms with Crippen molar-refractivity contribution in [3.63, 3.8) is 0 Å². The van der Waals surface area contributed by atoms with E-state index in [1.807, 2.05) is 23.1 Å². The van der Waals surface area contributed by atoms with E-state index in [0.29, 0.717) is 11.6 Å². The Bertz CT molecular complexity index is 433. The van der Waals surface area contributed by atoms with Crippen LogP contribution in [0.25, 0.3) is 0 Å². The summed E-state index contributed by atoms with van der Waals surface area (Å²) in [4.78, 5) is 14.2. The third-order valence-corrected chi connectivity index (χ3v) is 3.83. The maximum atomic E-state index is 12.3. The summed E-state index contributed by atoms with van der Waals surface area (Å²) in [5.74, 6) is 0.856. The van der Waals surface area contributed by atoms with Crippen molar-refractivity contribution in [2.24, 2.45) is 0 Å². The molecule has 0 spiro atoms. The molecule has 0 bridgehead atoms. The number of methoxy groups -OCH3 is 1. The van der Waals surface area contributed by atoms with E-state index in [1.54, 1.807) is 7.11 Å². The summed E-state index contributed by atoms with van der Waals surface area (Å²) in [5.41, 5.74) is 0.714. The maximum Gasteiger partial charge on any atom is 0.254 e. The Morgan fingerprint density at radius 2 is 2.29 bits per heavy atom. The van der Waals surface area contributed by atoms with Crippen LogP contribution < -0.4 is 4.74 Å². The number of hydrogen-bond donors (Lipinski definition) is 0. The predicted octanol–water partition coefficient (Wildman–Crippen LogP) is 3.08. The summed E-state index contributed by atoms with van der Waals surface area (Å²) in [6, 6.07) is 5.81. The predicted molar refractivity (Wildman–Crippen MR) is 70.4 cm³/mol. The molecule has 1 heterocycles. The van der Waals surface area contributed by atoms with Gasteiger partial charge in [-0.25, -0.2) is 0 Å². The van der Waals surface area contributed by atoms with Crippen LogP contribution in [0.3, 0.4) is 0 Å². The van der Waals surface area contributed by atoms with Gasteiger partial charge in [0.15, 0.2) is 0 Å². The van der Waals surface area contributed by atoms with E-state index >= 15 is 0 Å². The number of halogens is 1. The highest BCUT2D eigenvalue weighted by Gasteiger charge is 2.26. The molecule has 0 radical (unpaired) electrons. The summed E-state index contributed by atoms with van der Waals surface area (Å²) in [6.07, 6.45) is 2.20. The van der Waals surface area contributed by atoms with Crippen LogP contribution in [0.1, 0.15) is 30.1 Å². The molecule has 1 unspecified atom stereocenters. The van der Waals surface area contributed by atoms with Crippen LogP contribution in [0.15, 0.2) is 22.7 Å². The van der Waals surface area contributed by atoms with Gasteiger partial charge in [-0.3, -0.25) is 4.79 Å². The lowest BCUT2D eigenvalue weighted by Crippen LogP contribution is -2.33. The van der Waals surface area contributed by atoms with E-state index in [1.165, 1.54) is 0 Å². The summed E-state index contributed by atoms with van der Waals surface area (Å²) in [7, 11) is 1.62. The summed E-state index contributed by atoms with van der Waals surface area (Å²) in [6.45, 7) is 2.97. The van der Waals surface area contributed by atoms with E-state index < -0.39 is 0 Å². The van der Waals surface area contributed by atoms with Crippen LogP contribution in [-0.4, -0.2) is 30.5 Å². The molecule has 17 heavy (non-hydrogen) atoms. The zero-order chi connectivity index (χ0) is 12.4. The first-order chi connectivity index (χ1) is 8.13.